The number of nitrogens with zero attached hydrogens (tertiary/aromatic N) is 2. The van der Waals surface area contributed by atoms with Gasteiger partial charge in [-0.05, 0) is 54.4 Å². The summed E-state index contributed by atoms with van der Waals surface area (Å²) in [5.74, 6) is -1.23. The lowest BCUT2D eigenvalue weighted by Gasteiger charge is -2.14. The van der Waals surface area contributed by atoms with Gasteiger partial charge in [0.2, 0.25) is 5.91 Å². The average Bonchev–Trinajstić information content (AvgIpc) is 3.29. The molecule has 0 radical (unpaired) electrons. The summed E-state index contributed by atoms with van der Waals surface area (Å²) in [7, 11) is -4.22. The van der Waals surface area contributed by atoms with E-state index >= 15 is 0 Å². The third-order valence-electron chi connectivity index (χ3n) is 4.92. The van der Waals surface area contributed by atoms with Gasteiger partial charge in [-0.25, -0.2) is 17.5 Å². The highest BCUT2D eigenvalue weighted by atomic mass is 35.5. The third-order valence-corrected chi connectivity index (χ3v) is 6.56. The first-order chi connectivity index (χ1) is 16.3. The molecule has 0 aliphatic rings. The van der Waals surface area contributed by atoms with Crippen LogP contribution >= 0.6 is 11.6 Å². The van der Waals surface area contributed by atoms with E-state index in [0.717, 1.165) is 23.4 Å². The van der Waals surface area contributed by atoms with Crippen LogP contribution in [0.15, 0.2) is 90.1 Å². The second-order valence-corrected chi connectivity index (χ2v) is 9.49. The zero-order chi connectivity index (χ0) is 24.1. The molecule has 1 heterocycles. The topological polar surface area (TPSA) is 93.1 Å². The number of carbonyl (C=O) groups excluding carboxylic acids is 1. The molecular weight excluding hydrogens is 479 g/mol. The highest BCUT2D eigenvalue weighted by Gasteiger charge is 2.20. The van der Waals surface area contributed by atoms with Gasteiger partial charge in [0.1, 0.15) is 10.7 Å². The molecule has 34 heavy (non-hydrogen) atoms. The maximum atomic E-state index is 14.0. The summed E-state index contributed by atoms with van der Waals surface area (Å²) in [6, 6.07) is 18.9. The Balaban J connectivity index is 1.45. The van der Waals surface area contributed by atoms with Crippen molar-refractivity contribution in [2.75, 3.05) is 10.0 Å². The lowest BCUT2D eigenvalue weighted by Crippen LogP contribution is -2.18. The van der Waals surface area contributed by atoms with Crippen LogP contribution in [-0.2, 0) is 21.2 Å². The molecule has 174 valence electrons. The Kier molecular flexibility index (Phi) is 6.95. The Hall–Kier alpha value is -3.69. The average molecular weight is 499 g/mol. The molecule has 0 spiro atoms. The molecular formula is C24H20ClFN4O3S. The van der Waals surface area contributed by atoms with E-state index in [9.17, 15) is 17.6 Å². The highest BCUT2D eigenvalue weighted by molar-refractivity contribution is 7.92. The Morgan fingerprint density at radius 3 is 2.50 bits per heavy atom. The van der Waals surface area contributed by atoms with Gasteiger partial charge >= 0.3 is 0 Å². The van der Waals surface area contributed by atoms with E-state index in [0.29, 0.717) is 11.4 Å². The second-order valence-electron chi connectivity index (χ2n) is 7.40. The number of aryl methyl sites for hydroxylation is 1. The number of sulfonamides is 1. The third kappa shape index (κ3) is 5.62. The van der Waals surface area contributed by atoms with Crippen LogP contribution in [0.4, 0.5) is 15.8 Å². The maximum absolute atomic E-state index is 14.0. The van der Waals surface area contributed by atoms with Gasteiger partial charge in [-0.3, -0.25) is 9.52 Å². The van der Waals surface area contributed by atoms with Crippen molar-refractivity contribution in [2.45, 2.75) is 17.7 Å². The molecule has 10 heteroatoms. The Labute approximate surface area is 201 Å². The number of para-hydroxylation sites is 1. The Morgan fingerprint density at radius 2 is 1.74 bits per heavy atom. The first-order valence-electron chi connectivity index (χ1n) is 10.3. The molecule has 0 fully saturated rings. The van der Waals surface area contributed by atoms with Crippen molar-refractivity contribution < 1.29 is 17.6 Å². The molecule has 0 aliphatic carbocycles. The van der Waals surface area contributed by atoms with E-state index in [1.54, 1.807) is 10.9 Å². The minimum atomic E-state index is -4.22. The van der Waals surface area contributed by atoms with Gasteiger partial charge in [-0.15, -0.1) is 0 Å². The molecule has 0 saturated heterocycles. The zero-order valence-corrected chi connectivity index (χ0v) is 19.4. The van der Waals surface area contributed by atoms with Crippen LogP contribution in [0, 0.1) is 5.82 Å². The number of hydrogen-bond donors (Lipinski definition) is 2. The smallest absolute Gasteiger partial charge is 0.264 e. The largest absolute Gasteiger partial charge is 0.324 e. The standard InChI is InChI=1S/C24H20ClFN4O3S/c25-18-11-12-21(29-34(32,33)23-9-5-4-8-20(23)26)22(14-18)28-24(31)13-10-17-15-27-30(16-17)19-6-2-1-3-7-19/h1-9,11-12,14-16,29H,10,13H2,(H,28,31). The Bertz CT molecular complexity index is 1430. The molecule has 0 saturated carbocycles. The molecule has 1 amide bonds. The number of amides is 1. The Morgan fingerprint density at radius 1 is 1.00 bits per heavy atom. The second kappa shape index (κ2) is 10.1. The monoisotopic (exact) mass is 498 g/mol. The van der Waals surface area contributed by atoms with Gasteiger partial charge < -0.3 is 5.32 Å². The molecule has 1 aromatic heterocycles. The summed E-state index contributed by atoms with van der Waals surface area (Å²) in [6.07, 6.45) is 4.09. The number of hydrogen-bond acceptors (Lipinski definition) is 4. The van der Waals surface area contributed by atoms with Crippen LogP contribution in [0.2, 0.25) is 5.02 Å². The SMILES string of the molecule is O=C(CCc1cnn(-c2ccccc2)c1)Nc1cc(Cl)ccc1NS(=O)(=O)c1ccccc1F. The molecule has 0 bridgehead atoms. The fourth-order valence-electron chi connectivity index (χ4n) is 3.25. The van der Waals surface area contributed by atoms with Crippen LogP contribution in [-0.4, -0.2) is 24.1 Å². The van der Waals surface area contributed by atoms with E-state index in [-0.39, 0.29) is 23.7 Å². The molecule has 0 unspecified atom stereocenters. The van der Waals surface area contributed by atoms with Crippen LogP contribution in [0.25, 0.3) is 5.69 Å². The lowest BCUT2D eigenvalue weighted by atomic mass is 10.2. The van der Waals surface area contributed by atoms with E-state index < -0.39 is 20.7 Å². The van der Waals surface area contributed by atoms with E-state index in [4.69, 9.17) is 11.6 Å². The molecule has 3 aromatic carbocycles. The van der Waals surface area contributed by atoms with Crippen LogP contribution in [0.5, 0.6) is 0 Å². The van der Waals surface area contributed by atoms with Crippen LogP contribution < -0.4 is 10.0 Å². The van der Waals surface area contributed by atoms with Gasteiger partial charge in [0.05, 0.1) is 23.3 Å². The zero-order valence-electron chi connectivity index (χ0n) is 17.8. The fourth-order valence-corrected chi connectivity index (χ4v) is 4.59. The van der Waals surface area contributed by atoms with Gasteiger partial charge in [0.15, 0.2) is 0 Å². The summed E-state index contributed by atoms with van der Waals surface area (Å²) in [4.78, 5) is 12.1. The highest BCUT2D eigenvalue weighted by Crippen LogP contribution is 2.29. The van der Waals surface area contributed by atoms with Crippen molar-refractivity contribution in [3.05, 3.63) is 102 Å². The molecule has 0 aliphatic heterocycles. The maximum Gasteiger partial charge on any atom is 0.264 e. The number of benzene rings is 3. The predicted octanol–water partition coefficient (Wildman–Crippen LogP) is 5.04. The molecule has 7 nitrogen and oxygen atoms in total. The summed E-state index contributed by atoms with van der Waals surface area (Å²) in [5.41, 5.74) is 2.00. The van der Waals surface area contributed by atoms with Crippen LogP contribution in [0.3, 0.4) is 0 Å². The predicted molar refractivity (Wildman–Crippen MR) is 129 cm³/mol. The number of halogens is 2. The van der Waals surface area contributed by atoms with Gasteiger partial charge in [-0.1, -0.05) is 41.9 Å². The summed E-state index contributed by atoms with van der Waals surface area (Å²) < 4.78 is 43.4. The molecule has 0 atom stereocenters. The van der Waals surface area contributed by atoms with Gasteiger partial charge in [0.25, 0.3) is 10.0 Å². The van der Waals surface area contributed by atoms with Crippen molar-refractivity contribution in [2.24, 2.45) is 0 Å². The molecule has 4 rings (SSSR count). The number of aromatic nitrogens is 2. The summed E-state index contributed by atoms with van der Waals surface area (Å²) >= 11 is 6.05. The normalized spacial score (nSPS) is 11.2. The molecule has 4 aromatic rings. The number of rotatable bonds is 8. The fraction of sp³-hybridized carbons (Fsp3) is 0.0833. The van der Waals surface area contributed by atoms with Crippen LogP contribution in [0.1, 0.15) is 12.0 Å². The number of anilines is 2. The minimum Gasteiger partial charge on any atom is -0.324 e. The van der Waals surface area contributed by atoms with Crippen molar-refractivity contribution in [1.29, 1.82) is 0 Å². The van der Waals surface area contributed by atoms with Crippen molar-refractivity contribution in [3.8, 4) is 5.69 Å². The number of nitrogens with one attached hydrogen (secondary N) is 2. The van der Waals surface area contributed by atoms with Crippen molar-refractivity contribution >= 4 is 38.9 Å². The summed E-state index contributed by atoms with van der Waals surface area (Å²) in [6.45, 7) is 0. The van der Waals surface area contributed by atoms with E-state index in [2.05, 4.69) is 15.1 Å². The quantitative estimate of drug-likeness (QED) is 0.356. The first kappa shape index (κ1) is 23.5. The first-order valence-corrected chi connectivity index (χ1v) is 12.1. The van der Waals surface area contributed by atoms with E-state index in [1.807, 2.05) is 36.5 Å². The lowest BCUT2D eigenvalue weighted by molar-refractivity contribution is -0.116. The minimum absolute atomic E-state index is 0.0675. The van der Waals surface area contributed by atoms with Gasteiger partial charge in [0, 0.05) is 17.6 Å². The molecule has 2 N–H and O–H groups in total. The summed E-state index contributed by atoms with van der Waals surface area (Å²) in [5, 5.41) is 7.29. The van der Waals surface area contributed by atoms with Gasteiger partial charge in [-0.2, -0.15) is 5.10 Å². The van der Waals surface area contributed by atoms with E-state index in [1.165, 1.54) is 30.3 Å². The van der Waals surface area contributed by atoms with Crippen molar-refractivity contribution in [1.82, 2.24) is 9.78 Å². The van der Waals surface area contributed by atoms with Crippen molar-refractivity contribution in [3.63, 3.8) is 0 Å². The number of carbonyl (C=O) groups is 1.